The van der Waals surface area contributed by atoms with E-state index in [9.17, 15) is 19.8 Å². The summed E-state index contributed by atoms with van der Waals surface area (Å²) in [5.74, 6) is 1.10. The molecule has 1 aliphatic carbocycles. The fourth-order valence-corrected chi connectivity index (χ4v) is 13.6. The average Bonchev–Trinajstić information content (AvgIpc) is 3.92. The number of ether oxygens (including phenoxy) is 4. The van der Waals surface area contributed by atoms with Crippen molar-refractivity contribution < 1.29 is 43.5 Å². The summed E-state index contributed by atoms with van der Waals surface area (Å²) in [4.78, 5) is 53.2. The lowest BCUT2D eigenvalue weighted by atomic mass is 9.47. The van der Waals surface area contributed by atoms with Crippen molar-refractivity contribution in [1.29, 1.82) is 0 Å². The van der Waals surface area contributed by atoms with Gasteiger partial charge in [0.1, 0.15) is 11.2 Å². The quantitative estimate of drug-likeness (QED) is 0.137. The topological polar surface area (TPSA) is 154 Å². The second-order valence-electron chi connectivity index (χ2n) is 18.6. The first-order valence-corrected chi connectivity index (χ1v) is 21.7. The van der Waals surface area contributed by atoms with E-state index in [0.717, 1.165) is 33.3 Å². The summed E-state index contributed by atoms with van der Waals surface area (Å²) in [5, 5.41) is 26.3. The van der Waals surface area contributed by atoms with Crippen molar-refractivity contribution in [2.24, 2.45) is 11.3 Å². The van der Waals surface area contributed by atoms with Crippen molar-refractivity contribution in [1.82, 2.24) is 14.8 Å². The van der Waals surface area contributed by atoms with E-state index in [1.165, 1.54) is 21.1 Å². The molecular weight excluding hydrogens is 777 g/mol. The summed E-state index contributed by atoms with van der Waals surface area (Å²) in [5.41, 5.74) is -1.35. The molecule has 2 aromatic carbocycles. The number of fused-ring (bicyclic) bond motifs is 6. The van der Waals surface area contributed by atoms with Gasteiger partial charge in [0.25, 0.3) is 0 Å². The zero-order valence-corrected chi connectivity index (χ0v) is 36.3. The molecule has 1 unspecified atom stereocenters. The predicted molar refractivity (Wildman–Crippen MR) is 228 cm³/mol. The highest BCUT2D eigenvalue weighted by molar-refractivity contribution is 5.95. The van der Waals surface area contributed by atoms with Gasteiger partial charge >= 0.3 is 17.9 Å². The van der Waals surface area contributed by atoms with Gasteiger partial charge in [0.05, 0.1) is 33.0 Å². The summed E-state index contributed by atoms with van der Waals surface area (Å²) < 4.78 is 24.0. The molecule has 61 heavy (non-hydrogen) atoms. The van der Waals surface area contributed by atoms with Crippen molar-refractivity contribution in [3.63, 3.8) is 0 Å². The summed E-state index contributed by atoms with van der Waals surface area (Å²) >= 11 is 0. The Morgan fingerprint density at radius 2 is 1.75 bits per heavy atom. The first-order chi connectivity index (χ1) is 29.2. The number of piperidine rings is 1. The van der Waals surface area contributed by atoms with E-state index in [1.54, 1.807) is 7.11 Å². The highest BCUT2D eigenvalue weighted by Gasteiger charge is 2.80. The molecule has 0 amide bonds. The molecule has 3 N–H and O–H groups in total. The molecule has 9 rings (SSSR count). The number of H-pyrrole nitrogens is 1. The molecule has 5 aliphatic heterocycles. The lowest BCUT2D eigenvalue weighted by molar-refractivity contribution is -0.228. The first-order valence-electron chi connectivity index (χ1n) is 21.7. The van der Waals surface area contributed by atoms with Gasteiger partial charge in [-0.2, -0.15) is 0 Å². The zero-order valence-electron chi connectivity index (χ0n) is 36.3. The van der Waals surface area contributed by atoms with Gasteiger partial charge in [-0.3, -0.25) is 19.4 Å². The maximum absolute atomic E-state index is 15.4. The summed E-state index contributed by atoms with van der Waals surface area (Å²) in [7, 11) is 6.10. The fourth-order valence-electron chi connectivity index (χ4n) is 13.6. The molecule has 13 nitrogen and oxygen atoms in total. The minimum absolute atomic E-state index is 0.134. The third-order valence-corrected chi connectivity index (χ3v) is 15.9. The van der Waals surface area contributed by atoms with Crippen LogP contribution in [0.2, 0.25) is 0 Å². The van der Waals surface area contributed by atoms with Gasteiger partial charge in [-0.25, -0.2) is 4.79 Å². The molecule has 3 aromatic rings. The molecule has 3 fully saturated rings. The number of hydrogen-bond acceptors (Lipinski definition) is 12. The molecule has 0 radical (unpaired) electrons. The van der Waals surface area contributed by atoms with Gasteiger partial charge in [0.15, 0.2) is 6.10 Å². The Hall–Kier alpha value is -4.87. The number of esters is 3. The van der Waals surface area contributed by atoms with Crippen molar-refractivity contribution in [2.45, 2.75) is 99.5 Å². The number of rotatable bonds is 7. The summed E-state index contributed by atoms with van der Waals surface area (Å²) in [6, 6.07) is 8.59. The maximum atomic E-state index is 15.4. The zero-order chi connectivity index (χ0) is 43.4. The Kier molecular flexibility index (Phi) is 9.75. The van der Waals surface area contributed by atoms with Crippen LogP contribution in [-0.4, -0.2) is 133 Å². The highest BCUT2D eigenvalue weighted by Crippen LogP contribution is 2.68. The van der Waals surface area contributed by atoms with E-state index in [4.69, 9.17) is 25.4 Å². The number of anilines is 1. The van der Waals surface area contributed by atoms with Gasteiger partial charge in [-0.1, -0.05) is 31.9 Å². The van der Waals surface area contributed by atoms with Crippen LogP contribution in [-0.2, 0) is 45.8 Å². The standard InChI is InChI=1S/C48H58N4O9/c1-9-29-13-14-35-32(21-29)31-15-19-51-26-30(24-44(56,10-2)27-51)25-47(38(31)49-35,42(54)59-7)34-22-33-36(23-37(34)58-6)50(5)40-46(33)17-20-52-18-12-16-45(11-3,39(46)52)41(61-28(4)53)48(40,57)43(55)60-8/h1,12-14,16,21-23,30,39-41,49,56-57H,10-11,15,17-20,24-27H2,2-8H3/t30-,39-,40+,41+,44-,45+,46+,47-,48-/m0/s1. The number of carbonyl (C=O) groups excluding carboxylic acids is 3. The average molecular weight is 835 g/mol. The Bertz CT molecular complexity index is 2400. The Morgan fingerprint density at radius 3 is 2.43 bits per heavy atom. The second kappa shape index (κ2) is 14.3. The van der Waals surface area contributed by atoms with Crippen LogP contribution in [0.15, 0.2) is 42.5 Å². The van der Waals surface area contributed by atoms with Gasteiger partial charge in [-0.15, -0.1) is 6.42 Å². The number of methoxy groups -OCH3 is 3. The Labute approximate surface area is 357 Å². The van der Waals surface area contributed by atoms with Crippen LogP contribution in [0.5, 0.6) is 5.75 Å². The largest absolute Gasteiger partial charge is 0.496 e. The van der Waals surface area contributed by atoms with Gasteiger partial charge in [-0.05, 0) is 86.4 Å². The van der Waals surface area contributed by atoms with Crippen LogP contribution in [0.3, 0.4) is 0 Å². The van der Waals surface area contributed by atoms with Crippen LogP contribution < -0.4 is 9.64 Å². The molecule has 324 valence electrons. The molecule has 2 saturated heterocycles. The van der Waals surface area contributed by atoms with E-state index < -0.39 is 57.5 Å². The number of aromatic nitrogens is 1. The van der Waals surface area contributed by atoms with Gasteiger partial charge in [0.2, 0.25) is 5.60 Å². The van der Waals surface area contributed by atoms with Crippen LogP contribution >= 0.6 is 0 Å². The smallest absolute Gasteiger partial charge is 0.344 e. The van der Waals surface area contributed by atoms with Crippen molar-refractivity contribution in [3.8, 4) is 18.1 Å². The van der Waals surface area contributed by atoms with E-state index in [2.05, 4.69) is 26.8 Å². The molecule has 6 heterocycles. The molecule has 6 aliphatic rings. The third kappa shape index (κ3) is 5.44. The number of terminal acetylenes is 1. The number of benzene rings is 2. The Balaban J connectivity index is 1.37. The number of aliphatic hydroxyl groups is 2. The van der Waals surface area contributed by atoms with Crippen LogP contribution in [0.4, 0.5) is 5.69 Å². The SMILES string of the molecule is C#Cc1ccc2[nH]c3c(c2c1)CCN1C[C@@H](C[C@@](O)(CC)C1)C[C@]3(C(=O)OC)c1cc2c(cc1OC)N(C)[C@H]1[C@@](O)(C(=O)OC)[C@H](OC(C)=O)[C@]3(CC)C=CCN4CC[C@]21[C@@H]43. The van der Waals surface area contributed by atoms with Gasteiger partial charge in [0, 0.05) is 96.5 Å². The Morgan fingerprint density at radius 1 is 0.984 bits per heavy atom. The van der Waals surface area contributed by atoms with E-state index >= 15 is 4.79 Å². The van der Waals surface area contributed by atoms with Crippen LogP contribution in [0.1, 0.15) is 80.8 Å². The molecular formula is C48H58N4O9. The number of likely N-dealkylation sites (N-methyl/N-ethyl adjacent to an activating group) is 1. The number of nitrogens with one attached hydrogen (secondary N) is 1. The van der Waals surface area contributed by atoms with E-state index in [0.29, 0.717) is 88.3 Å². The number of nitrogens with zero attached hydrogens (tertiary/aromatic N) is 3. The molecule has 2 bridgehead atoms. The summed E-state index contributed by atoms with van der Waals surface area (Å²) in [6.07, 6.45) is 11.7. The van der Waals surface area contributed by atoms with Crippen molar-refractivity contribution in [2.75, 3.05) is 66.0 Å². The minimum Gasteiger partial charge on any atom is -0.496 e. The number of hydrogen-bond donors (Lipinski definition) is 3. The van der Waals surface area contributed by atoms with Gasteiger partial charge < -0.3 is 39.0 Å². The highest BCUT2D eigenvalue weighted by atomic mass is 16.6. The molecule has 1 aromatic heterocycles. The first kappa shape index (κ1) is 41.5. The lowest BCUT2D eigenvalue weighted by Crippen LogP contribution is -2.81. The second-order valence-corrected chi connectivity index (χ2v) is 18.6. The minimum atomic E-state index is -2.32. The normalized spacial score (nSPS) is 36.0. The monoisotopic (exact) mass is 834 g/mol. The lowest BCUT2D eigenvalue weighted by Gasteiger charge is -2.63. The van der Waals surface area contributed by atoms with E-state index in [1.807, 2.05) is 62.2 Å². The van der Waals surface area contributed by atoms with E-state index in [-0.39, 0.29) is 12.0 Å². The molecule has 1 saturated carbocycles. The number of aromatic amines is 1. The third-order valence-electron chi connectivity index (χ3n) is 15.9. The maximum Gasteiger partial charge on any atom is 0.344 e. The molecule has 1 spiro atoms. The molecule has 13 heteroatoms. The van der Waals surface area contributed by atoms with Crippen LogP contribution in [0, 0.1) is 23.7 Å². The fraction of sp³-hybridized carbons (Fsp3) is 0.562. The number of carbonyl (C=O) groups is 3. The summed E-state index contributed by atoms with van der Waals surface area (Å²) in [6.45, 7) is 8.45. The van der Waals surface area contributed by atoms with Crippen molar-refractivity contribution in [3.05, 3.63) is 70.4 Å². The van der Waals surface area contributed by atoms with Crippen LogP contribution in [0.25, 0.3) is 10.9 Å². The molecule has 10 atom stereocenters. The predicted octanol–water partition coefficient (Wildman–Crippen LogP) is 3.97. The van der Waals surface area contributed by atoms with Crippen molar-refractivity contribution >= 4 is 34.5 Å².